The van der Waals surface area contributed by atoms with Gasteiger partial charge in [-0.15, -0.1) is 0 Å². The van der Waals surface area contributed by atoms with Gasteiger partial charge in [0, 0.05) is 16.6 Å². The Morgan fingerprint density at radius 1 is 0.522 bits per heavy atom. The monoisotopic (exact) mass is 643 g/mol. The number of fused-ring (bicyclic) bond motifs is 2. The standard InChI is InChI=1S/C43H43Cl2N/c1-4-7-25-46(26-8-5-2)29-41-40(31-19-23-35(45)24-20-31)28-33-14-10-12-16-38(33)43(41)42-36(6-3)39(30-17-21-34(44)22-18-30)27-32-13-9-11-15-37(32)42/h9-24,27-28H,4-8,25-26,29H2,1-3H3. The molecule has 0 saturated carbocycles. The maximum Gasteiger partial charge on any atom is 0.0406 e. The van der Waals surface area contributed by atoms with E-state index in [-0.39, 0.29) is 0 Å². The lowest BCUT2D eigenvalue weighted by Crippen LogP contribution is -2.26. The molecule has 234 valence electrons. The van der Waals surface area contributed by atoms with Gasteiger partial charge in [0.05, 0.1) is 0 Å². The zero-order chi connectivity index (χ0) is 32.0. The molecule has 0 atom stereocenters. The third-order valence-corrected chi connectivity index (χ3v) is 9.77. The van der Waals surface area contributed by atoms with Crippen molar-refractivity contribution in [3.63, 3.8) is 0 Å². The predicted octanol–water partition coefficient (Wildman–Crippen LogP) is 13.3. The van der Waals surface area contributed by atoms with Crippen LogP contribution in [0, 0.1) is 0 Å². The number of unbranched alkanes of at least 4 members (excludes halogenated alkanes) is 2. The molecule has 0 radical (unpaired) electrons. The minimum absolute atomic E-state index is 0.756. The molecular formula is C43H43Cl2N. The molecule has 0 heterocycles. The molecule has 0 aliphatic heterocycles. The van der Waals surface area contributed by atoms with Crippen LogP contribution in [-0.2, 0) is 13.0 Å². The number of rotatable bonds is 12. The molecule has 6 aromatic rings. The number of hydrogen-bond donors (Lipinski definition) is 0. The molecule has 1 nitrogen and oxygen atoms in total. The molecule has 0 amide bonds. The maximum atomic E-state index is 6.43. The third kappa shape index (κ3) is 6.74. The van der Waals surface area contributed by atoms with Crippen molar-refractivity contribution in [2.24, 2.45) is 0 Å². The largest absolute Gasteiger partial charge is 0.299 e. The molecule has 0 bridgehead atoms. The fourth-order valence-electron chi connectivity index (χ4n) is 6.91. The van der Waals surface area contributed by atoms with Crippen molar-refractivity contribution < 1.29 is 0 Å². The first-order chi connectivity index (χ1) is 22.5. The van der Waals surface area contributed by atoms with Gasteiger partial charge in [0.2, 0.25) is 0 Å². The number of halogens is 2. The average Bonchev–Trinajstić information content (AvgIpc) is 3.09. The minimum atomic E-state index is 0.756. The molecule has 0 aliphatic rings. The molecular weight excluding hydrogens is 601 g/mol. The molecule has 6 aromatic carbocycles. The highest BCUT2D eigenvalue weighted by Crippen LogP contribution is 2.46. The zero-order valence-electron chi connectivity index (χ0n) is 27.3. The number of benzene rings is 6. The van der Waals surface area contributed by atoms with E-state index in [0.29, 0.717) is 0 Å². The molecule has 46 heavy (non-hydrogen) atoms. The molecule has 0 unspecified atom stereocenters. The normalized spacial score (nSPS) is 11.6. The minimum Gasteiger partial charge on any atom is -0.299 e. The van der Waals surface area contributed by atoms with Crippen molar-refractivity contribution >= 4 is 44.7 Å². The molecule has 0 aliphatic carbocycles. The molecule has 0 N–H and O–H groups in total. The van der Waals surface area contributed by atoms with Crippen molar-refractivity contribution in [2.45, 2.75) is 59.4 Å². The Labute approximate surface area is 284 Å². The summed E-state index contributed by atoms with van der Waals surface area (Å²) < 4.78 is 0. The van der Waals surface area contributed by atoms with Gasteiger partial charge in [0.25, 0.3) is 0 Å². The van der Waals surface area contributed by atoms with E-state index in [9.17, 15) is 0 Å². The molecule has 0 fully saturated rings. The van der Waals surface area contributed by atoms with Crippen LogP contribution in [0.1, 0.15) is 57.6 Å². The van der Waals surface area contributed by atoms with Gasteiger partial charge in [0.15, 0.2) is 0 Å². The Kier molecular flexibility index (Phi) is 10.4. The van der Waals surface area contributed by atoms with Gasteiger partial charge in [-0.1, -0.05) is 130 Å². The van der Waals surface area contributed by atoms with E-state index in [1.54, 1.807) is 0 Å². The Bertz CT molecular complexity index is 1930. The Morgan fingerprint density at radius 3 is 1.41 bits per heavy atom. The van der Waals surface area contributed by atoms with Crippen molar-refractivity contribution in [2.75, 3.05) is 13.1 Å². The van der Waals surface area contributed by atoms with Crippen LogP contribution < -0.4 is 0 Å². The number of hydrogen-bond acceptors (Lipinski definition) is 1. The topological polar surface area (TPSA) is 3.24 Å². The first kappa shape index (κ1) is 32.3. The highest BCUT2D eigenvalue weighted by Gasteiger charge is 2.24. The molecule has 0 aromatic heterocycles. The third-order valence-electron chi connectivity index (χ3n) is 9.27. The second-order valence-corrected chi connectivity index (χ2v) is 13.2. The van der Waals surface area contributed by atoms with Crippen LogP contribution in [0.15, 0.2) is 109 Å². The summed E-state index contributed by atoms with van der Waals surface area (Å²) in [4.78, 5) is 2.69. The van der Waals surface area contributed by atoms with Crippen molar-refractivity contribution in [1.29, 1.82) is 0 Å². The van der Waals surface area contributed by atoms with E-state index in [1.165, 1.54) is 91.7 Å². The second kappa shape index (κ2) is 14.9. The molecule has 6 rings (SSSR count). The summed E-state index contributed by atoms with van der Waals surface area (Å²) in [6.45, 7) is 9.96. The quantitative estimate of drug-likeness (QED) is 0.128. The van der Waals surface area contributed by atoms with E-state index >= 15 is 0 Å². The van der Waals surface area contributed by atoms with E-state index in [4.69, 9.17) is 23.2 Å². The summed E-state index contributed by atoms with van der Waals surface area (Å²) in [6, 6.07) is 39.4. The second-order valence-electron chi connectivity index (χ2n) is 12.3. The fourth-order valence-corrected chi connectivity index (χ4v) is 7.17. The summed E-state index contributed by atoms with van der Waals surface area (Å²) in [5.74, 6) is 0. The van der Waals surface area contributed by atoms with Crippen LogP contribution in [0.3, 0.4) is 0 Å². The van der Waals surface area contributed by atoms with Crippen molar-refractivity contribution in [1.82, 2.24) is 4.90 Å². The van der Waals surface area contributed by atoms with Gasteiger partial charge in [-0.2, -0.15) is 0 Å². The van der Waals surface area contributed by atoms with Gasteiger partial charge in [-0.25, -0.2) is 0 Å². The SMILES string of the molecule is CCCCN(CCCC)Cc1c(-c2ccc(Cl)cc2)cc2ccccc2c1-c1c(CC)c(-c2ccc(Cl)cc2)cc2ccccc12. The van der Waals surface area contributed by atoms with Gasteiger partial charge >= 0.3 is 0 Å². The van der Waals surface area contributed by atoms with Crippen molar-refractivity contribution in [3.05, 3.63) is 130 Å². The molecule has 0 saturated heterocycles. The first-order valence-corrected chi connectivity index (χ1v) is 17.6. The van der Waals surface area contributed by atoms with E-state index in [1.807, 2.05) is 24.3 Å². The van der Waals surface area contributed by atoms with Crippen LogP contribution in [0.25, 0.3) is 54.9 Å². The zero-order valence-corrected chi connectivity index (χ0v) is 28.8. The lowest BCUT2D eigenvalue weighted by atomic mass is 9.80. The van der Waals surface area contributed by atoms with Gasteiger partial charge in [-0.05, 0) is 135 Å². The van der Waals surface area contributed by atoms with E-state index in [0.717, 1.165) is 36.1 Å². The lowest BCUT2D eigenvalue weighted by molar-refractivity contribution is 0.258. The summed E-state index contributed by atoms with van der Waals surface area (Å²) in [6.07, 6.45) is 5.67. The van der Waals surface area contributed by atoms with Gasteiger partial charge < -0.3 is 0 Å². The summed E-state index contributed by atoms with van der Waals surface area (Å²) in [7, 11) is 0. The first-order valence-electron chi connectivity index (χ1n) is 16.9. The summed E-state index contributed by atoms with van der Waals surface area (Å²) >= 11 is 12.8. The van der Waals surface area contributed by atoms with Gasteiger partial charge in [-0.3, -0.25) is 4.90 Å². The highest BCUT2D eigenvalue weighted by atomic mass is 35.5. The average molecular weight is 645 g/mol. The Balaban J connectivity index is 1.75. The van der Waals surface area contributed by atoms with Crippen LogP contribution in [-0.4, -0.2) is 18.0 Å². The van der Waals surface area contributed by atoms with Crippen LogP contribution in [0.4, 0.5) is 0 Å². The highest BCUT2D eigenvalue weighted by molar-refractivity contribution is 6.31. The fraction of sp³-hybridized carbons (Fsp3) is 0.256. The molecule has 3 heteroatoms. The summed E-state index contributed by atoms with van der Waals surface area (Å²) in [5, 5.41) is 6.61. The van der Waals surface area contributed by atoms with Crippen LogP contribution in [0.2, 0.25) is 10.0 Å². The Hall–Kier alpha value is -3.62. The van der Waals surface area contributed by atoms with Crippen LogP contribution >= 0.6 is 23.2 Å². The van der Waals surface area contributed by atoms with E-state index < -0.39 is 0 Å². The maximum absolute atomic E-state index is 6.43. The predicted molar refractivity (Wildman–Crippen MR) is 202 cm³/mol. The van der Waals surface area contributed by atoms with Crippen molar-refractivity contribution in [3.8, 4) is 33.4 Å². The van der Waals surface area contributed by atoms with Crippen LogP contribution in [0.5, 0.6) is 0 Å². The summed E-state index contributed by atoms with van der Waals surface area (Å²) in [5.41, 5.74) is 10.4. The van der Waals surface area contributed by atoms with E-state index in [2.05, 4.69) is 111 Å². The lowest BCUT2D eigenvalue weighted by Gasteiger charge is -2.28. The van der Waals surface area contributed by atoms with Gasteiger partial charge in [0.1, 0.15) is 0 Å². The smallest absolute Gasteiger partial charge is 0.0406 e. The molecule has 0 spiro atoms. The number of nitrogens with zero attached hydrogens (tertiary/aromatic N) is 1. The Morgan fingerprint density at radius 2 is 0.957 bits per heavy atom.